The van der Waals surface area contributed by atoms with Crippen LogP contribution >= 0.6 is 0 Å². The van der Waals surface area contributed by atoms with Crippen LogP contribution in [0.2, 0.25) is 0 Å². The normalized spacial score (nSPS) is 15.8. The Kier molecular flexibility index (Phi) is 6.58. The van der Waals surface area contributed by atoms with E-state index in [1.54, 1.807) is 12.4 Å². The van der Waals surface area contributed by atoms with Gasteiger partial charge in [-0.15, -0.1) is 0 Å². The van der Waals surface area contributed by atoms with Crippen molar-refractivity contribution in [2.45, 2.75) is 53.4 Å². The van der Waals surface area contributed by atoms with Gasteiger partial charge in [-0.2, -0.15) is 0 Å². The van der Waals surface area contributed by atoms with Crippen molar-refractivity contribution in [2.24, 2.45) is 5.41 Å². The summed E-state index contributed by atoms with van der Waals surface area (Å²) in [6.45, 7) is 10.3. The number of piperidine rings is 1. The molecular formula is C23H30FN3O3. The zero-order valence-electron chi connectivity index (χ0n) is 18.2. The number of halogens is 1. The summed E-state index contributed by atoms with van der Waals surface area (Å²) in [5.74, 6) is -1.47. The topological polar surface area (TPSA) is 75.5 Å². The van der Waals surface area contributed by atoms with Gasteiger partial charge in [-0.05, 0) is 37.7 Å². The van der Waals surface area contributed by atoms with Gasteiger partial charge in [0.2, 0.25) is 5.88 Å². The number of hydrogen-bond donors (Lipinski definition) is 1. The molecule has 0 radical (unpaired) electrons. The molecule has 3 rings (SSSR count). The molecule has 30 heavy (non-hydrogen) atoms. The smallest absolute Gasteiger partial charge is 0.307 e. The van der Waals surface area contributed by atoms with Crippen molar-refractivity contribution in [3.8, 4) is 17.0 Å². The number of aliphatic carboxylic acids is 1. The largest absolute Gasteiger partial charge is 0.481 e. The summed E-state index contributed by atoms with van der Waals surface area (Å²) in [6.07, 6.45) is 5.89. The average molecular weight is 416 g/mol. The average Bonchev–Trinajstić information content (AvgIpc) is 2.68. The second-order valence-corrected chi connectivity index (χ2v) is 8.67. The minimum Gasteiger partial charge on any atom is -0.481 e. The SMILES string of the molecule is CCCOc1ncc(-c2cnc(C)c(CC(=O)O)c2N2CCC(C)(C)CC2)cc1F. The number of pyridine rings is 2. The maximum atomic E-state index is 14.6. The van der Waals surface area contributed by atoms with Crippen LogP contribution in [0.5, 0.6) is 5.88 Å². The molecule has 1 N–H and O–H groups in total. The Morgan fingerprint density at radius 2 is 1.97 bits per heavy atom. The van der Waals surface area contributed by atoms with E-state index >= 15 is 0 Å². The lowest BCUT2D eigenvalue weighted by Gasteiger charge is -2.40. The summed E-state index contributed by atoms with van der Waals surface area (Å²) in [7, 11) is 0. The van der Waals surface area contributed by atoms with Crippen LogP contribution < -0.4 is 9.64 Å². The fourth-order valence-electron chi connectivity index (χ4n) is 3.78. The Hall–Kier alpha value is -2.70. The van der Waals surface area contributed by atoms with Gasteiger partial charge in [-0.1, -0.05) is 20.8 Å². The van der Waals surface area contributed by atoms with Crippen LogP contribution in [-0.2, 0) is 11.2 Å². The van der Waals surface area contributed by atoms with Crippen molar-refractivity contribution in [2.75, 3.05) is 24.6 Å². The lowest BCUT2D eigenvalue weighted by atomic mass is 9.82. The van der Waals surface area contributed by atoms with Gasteiger partial charge in [-0.25, -0.2) is 9.37 Å². The van der Waals surface area contributed by atoms with Crippen LogP contribution in [0.3, 0.4) is 0 Å². The van der Waals surface area contributed by atoms with Gasteiger partial charge in [-0.3, -0.25) is 9.78 Å². The second kappa shape index (κ2) is 8.98. The minimum absolute atomic E-state index is 0.0206. The van der Waals surface area contributed by atoms with Gasteiger partial charge in [0.05, 0.1) is 18.7 Å². The predicted octanol–water partition coefficient (Wildman–Crippen LogP) is 4.63. The molecule has 3 heterocycles. The Balaban J connectivity index is 2.08. The van der Waals surface area contributed by atoms with E-state index in [1.165, 1.54) is 6.07 Å². The van der Waals surface area contributed by atoms with Gasteiger partial charge >= 0.3 is 5.97 Å². The Morgan fingerprint density at radius 3 is 2.57 bits per heavy atom. The van der Waals surface area contributed by atoms with E-state index in [1.807, 2.05) is 13.8 Å². The highest BCUT2D eigenvalue weighted by Gasteiger charge is 2.29. The summed E-state index contributed by atoms with van der Waals surface area (Å²) in [5, 5.41) is 9.49. The van der Waals surface area contributed by atoms with Gasteiger partial charge in [0.25, 0.3) is 0 Å². The lowest BCUT2D eigenvalue weighted by molar-refractivity contribution is -0.136. The molecule has 7 heteroatoms. The summed E-state index contributed by atoms with van der Waals surface area (Å²) in [4.78, 5) is 22.4. The van der Waals surface area contributed by atoms with Crippen molar-refractivity contribution in [3.05, 3.63) is 35.5 Å². The van der Waals surface area contributed by atoms with E-state index in [2.05, 4.69) is 28.7 Å². The maximum absolute atomic E-state index is 14.6. The summed E-state index contributed by atoms with van der Waals surface area (Å²) >= 11 is 0. The molecule has 1 fully saturated rings. The first-order valence-electron chi connectivity index (χ1n) is 10.5. The van der Waals surface area contributed by atoms with Crippen molar-refractivity contribution in [1.82, 2.24) is 9.97 Å². The first-order valence-corrected chi connectivity index (χ1v) is 10.5. The molecule has 0 unspecified atom stereocenters. The molecule has 6 nitrogen and oxygen atoms in total. The van der Waals surface area contributed by atoms with Crippen LogP contribution in [0.4, 0.5) is 10.1 Å². The number of ether oxygens (including phenoxy) is 1. The number of nitrogens with zero attached hydrogens (tertiary/aromatic N) is 3. The van der Waals surface area contributed by atoms with Crippen LogP contribution in [0, 0.1) is 18.2 Å². The molecule has 1 aliphatic rings. The first kappa shape index (κ1) is 22.0. The summed E-state index contributed by atoms with van der Waals surface area (Å²) in [5.41, 5.74) is 3.69. The fraction of sp³-hybridized carbons (Fsp3) is 0.522. The zero-order chi connectivity index (χ0) is 21.9. The Labute approximate surface area is 177 Å². The summed E-state index contributed by atoms with van der Waals surface area (Å²) < 4.78 is 20.0. The maximum Gasteiger partial charge on any atom is 0.307 e. The molecule has 1 saturated heterocycles. The number of carbonyl (C=O) groups is 1. The molecule has 0 saturated carbocycles. The number of carboxylic acid groups (broad SMARTS) is 1. The van der Waals surface area contributed by atoms with Gasteiger partial charge < -0.3 is 14.7 Å². The fourth-order valence-corrected chi connectivity index (χ4v) is 3.78. The van der Waals surface area contributed by atoms with Crippen LogP contribution in [0.25, 0.3) is 11.1 Å². The highest BCUT2D eigenvalue weighted by molar-refractivity contribution is 5.84. The minimum atomic E-state index is -0.914. The molecular weight excluding hydrogens is 385 g/mol. The third-order valence-electron chi connectivity index (χ3n) is 5.69. The third kappa shape index (κ3) is 4.89. The van der Waals surface area contributed by atoms with E-state index in [0.29, 0.717) is 29.0 Å². The Morgan fingerprint density at radius 1 is 1.27 bits per heavy atom. The molecule has 0 atom stereocenters. The monoisotopic (exact) mass is 415 g/mol. The predicted molar refractivity (Wildman–Crippen MR) is 115 cm³/mol. The second-order valence-electron chi connectivity index (χ2n) is 8.67. The highest BCUT2D eigenvalue weighted by atomic mass is 19.1. The molecule has 162 valence electrons. The van der Waals surface area contributed by atoms with Crippen molar-refractivity contribution in [3.63, 3.8) is 0 Å². The quantitative estimate of drug-likeness (QED) is 0.710. The molecule has 0 bridgehead atoms. The first-order chi connectivity index (χ1) is 14.2. The van der Waals surface area contributed by atoms with Crippen LogP contribution in [0.1, 0.15) is 51.3 Å². The van der Waals surface area contributed by atoms with Gasteiger partial charge in [0.1, 0.15) is 0 Å². The number of anilines is 1. The molecule has 0 amide bonds. The van der Waals surface area contributed by atoms with E-state index in [-0.39, 0.29) is 17.7 Å². The van der Waals surface area contributed by atoms with Crippen molar-refractivity contribution < 1.29 is 19.0 Å². The molecule has 2 aromatic heterocycles. The molecule has 0 aromatic carbocycles. The number of aryl methyl sites for hydroxylation is 1. The molecule has 2 aromatic rings. The van der Waals surface area contributed by atoms with Crippen molar-refractivity contribution in [1.29, 1.82) is 0 Å². The van der Waals surface area contributed by atoms with Crippen LogP contribution in [0.15, 0.2) is 18.5 Å². The van der Waals surface area contributed by atoms with Crippen LogP contribution in [-0.4, -0.2) is 40.7 Å². The molecule has 0 spiro atoms. The van der Waals surface area contributed by atoms with Gasteiger partial charge in [0.15, 0.2) is 5.82 Å². The highest BCUT2D eigenvalue weighted by Crippen LogP contribution is 2.40. The number of aromatic nitrogens is 2. The molecule has 1 aliphatic heterocycles. The van der Waals surface area contributed by atoms with E-state index in [9.17, 15) is 14.3 Å². The zero-order valence-corrected chi connectivity index (χ0v) is 18.2. The summed E-state index contributed by atoms with van der Waals surface area (Å²) in [6, 6.07) is 1.40. The van der Waals surface area contributed by atoms with E-state index in [4.69, 9.17) is 4.74 Å². The lowest BCUT2D eigenvalue weighted by Crippen LogP contribution is -2.38. The third-order valence-corrected chi connectivity index (χ3v) is 5.69. The van der Waals surface area contributed by atoms with Gasteiger partial charge in [0, 0.05) is 47.9 Å². The van der Waals surface area contributed by atoms with Crippen molar-refractivity contribution >= 4 is 11.7 Å². The number of rotatable bonds is 7. The number of hydrogen-bond acceptors (Lipinski definition) is 5. The van der Waals surface area contributed by atoms with E-state index < -0.39 is 11.8 Å². The number of carboxylic acids is 1. The standard InChI is InChI=1S/C23H30FN3O3/c1-5-10-30-22-19(24)11-16(13-26-22)18-14-25-15(2)17(12-20(28)29)21(18)27-8-6-23(3,4)7-9-27/h11,13-14H,5-10,12H2,1-4H3,(H,28,29). The molecule has 0 aliphatic carbocycles. The Bertz CT molecular complexity index is 920. The van der Waals surface area contributed by atoms with E-state index in [0.717, 1.165) is 38.0 Å².